The zero-order valence-corrected chi connectivity index (χ0v) is 17.9. The number of aromatic nitrogens is 2. The third kappa shape index (κ3) is 4.26. The Morgan fingerprint density at radius 2 is 2.06 bits per heavy atom. The number of nitrogens with one attached hydrogen (secondary N) is 1. The minimum Gasteiger partial charge on any atom is -0.454 e. The molecule has 162 valence electrons. The first-order valence-corrected chi connectivity index (χ1v) is 11.0. The zero-order valence-electron chi connectivity index (χ0n) is 16.3. The Bertz CT molecular complexity index is 1130. The van der Waals surface area contributed by atoms with E-state index in [4.69, 9.17) is 35.9 Å². The highest BCUT2D eigenvalue weighted by Crippen LogP contribution is 2.35. The minimum absolute atomic E-state index is 0.240. The second kappa shape index (κ2) is 8.27. The topological polar surface area (TPSA) is 106 Å². The van der Waals surface area contributed by atoms with E-state index in [0.29, 0.717) is 48.6 Å². The first kappa shape index (κ1) is 20.0. The van der Waals surface area contributed by atoms with E-state index in [1.807, 2.05) is 29.2 Å². The summed E-state index contributed by atoms with van der Waals surface area (Å²) in [6.45, 7) is 2.02. The maximum Gasteiger partial charge on any atom is 0.506 e. The fraction of sp³-hybridized carbons (Fsp3) is 0.350. The van der Waals surface area contributed by atoms with Gasteiger partial charge in [-0.25, -0.2) is 9.78 Å². The van der Waals surface area contributed by atoms with Gasteiger partial charge in [0.25, 0.3) is 0 Å². The molecule has 2 aromatic heterocycles. The normalized spacial score (nSPS) is 16.0. The Labute approximate surface area is 186 Å². The van der Waals surface area contributed by atoms with Gasteiger partial charge < -0.3 is 29.5 Å². The van der Waals surface area contributed by atoms with Crippen LogP contribution in [0, 0.1) is 0 Å². The van der Waals surface area contributed by atoms with E-state index < -0.39 is 6.16 Å². The van der Waals surface area contributed by atoms with E-state index in [1.165, 1.54) is 11.3 Å². The Morgan fingerprint density at radius 3 is 2.87 bits per heavy atom. The molecule has 0 saturated carbocycles. The number of rotatable bonds is 5. The number of piperidine rings is 1. The van der Waals surface area contributed by atoms with Crippen LogP contribution in [0.5, 0.6) is 11.5 Å². The smallest absolute Gasteiger partial charge is 0.454 e. The number of nitrogens with zero attached hydrogens (tertiary/aromatic N) is 3. The number of fused-ring (bicyclic) bond motifs is 2. The second-order valence-electron chi connectivity index (χ2n) is 7.25. The Balaban J connectivity index is 1.36. The van der Waals surface area contributed by atoms with Crippen LogP contribution in [0.25, 0.3) is 10.2 Å². The Kier molecular flexibility index (Phi) is 5.33. The maximum atomic E-state index is 10.8. The lowest BCUT2D eigenvalue weighted by Crippen LogP contribution is -2.38. The van der Waals surface area contributed by atoms with E-state index >= 15 is 0 Å². The van der Waals surface area contributed by atoms with Crippen LogP contribution >= 0.6 is 22.9 Å². The fourth-order valence-electron chi connectivity index (χ4n) is 3.71. The summed E-state index contributed by atoms with van der Waals surface area (Å²) in [6.07, 6.45) is -0.339. The second-order valence-corrected chi connectivity index (χ2v) is 8.91. The lowest BCUT2D eigenvalue weighted by molar-refractivity contribution is 0.0415. The molecule has 0 atom stereocenters. The molecular weight excluding hydrogens is 444 g/mol. The average molecular weight is 463 g/mol. The predicted octanol–water partition coefficient (Wildman–Crippen LogP) is 4.35. The molecule has 0 amide bonds. The number of carboxylic acid groups (broad SMARTS) is 1. The highest BCUT2D eigenvalue weighted by Gasteiger charge is 2.25. The van der Waals surface area contributed by atoms with Crippen molar-refractivity contribution in [3.05, 3.63) is 34.2 Å². The molecule has 4 heterocycles. The van der Waals surface area contributed by atoms with Gasteiger partial charge in [-0.3, -0.25) is 0 Å². The van der Waals surface area contributed by atoms with Crippen LogP contribution in [0.2, 0.25) is 4.34 Å². The standard InChI is InChI=1S/C20H19ClN4O5S/c21-16-8-13-17(22-9-11-1-2-14-15(7-11)29-10-28-14)23-19(24-18(13)31-16)25-5-3-12(4-6-25)30-20(26)27/h1-2,7-8,12H,3-6,9-10H2,(H,26,27)(H,22,23,24). The number of benzene rings is 1. The average Bonchev–Trinajstić information content (AvgIpc) is 3.37. The van der Waals surface area contributed by atoms with Gasteiger partial charge in [-0.05, 0) is 23.8 Å². The molecule has 3 aromatic rings. The van der Waals surface area contributed by atoms with E-state index in [2.05, 4.69) is 10.3 Å². The summed E-state index contributed by atoms with van der Waals surface area (Å²) >= 11 is 7.65. The third-order valence-electron chi connectivity index (χ3n) is 5.24. The molecule has 11 heteroatoms. The summed E-state index contributed by atoms with van der Waals surface area (Å²) in [5.41, 5.74) is 1.03. The van der Waals surface area contributed by atoms with Crippen molar-refractivity contribution in [1.29, 1.82) is 0 Å². The van der Waals surface area contributed by atoms with Crippen LogP contribution in [-0.4, -0.2) is 47.2 Å². The number of thiophene rings is 1. The molecule has 0 unspecified atom stereocenters. The molecular formula is C20H19ClN4O5S. The van der Waals surface area contributed by atoms with Gasteiger partial charge in [-0.1, -0.05) is 17.7 Å². The van der Waals surface area contributed by atoms with E-state index in [9.17, 15) is 4.79 Å². The summed E-state index contributed by atoms with van der Waals surface area (Å²) in [6, 6.07) is 7.68. The largest absolute Gasteiger partial charge is 0.506 e. The van der Waals surface area contributed by atoms with Crippen molar-refractivity contribution in [3.8, 4) is 11.5 Å². The fourth-order valence-corrected chi connectivity index (χ4v) is 4.79. The molecule has 0 radical (unpaired) electrons. The quantitative estimate of drug-likeness (QED) is 0.535. The highest BCUT2D eigenvalue weighted by atomic mass is 35.5. The third-order valence-corrected chi connectivity index (χ3v) is 6.40. The number of hydrogen-bond acceptors (Lipinski definition) is 9. The van der Waals surface area contributed by atoms with Gasteiger partial charge >= 0.3 is 6.16 Å². The summed E-state index contributed by atoms with van der Waals surface area (Å²) in [5, 5.41) is 13.1. The molecule has 2 aliphatic rings. The van der Waals surface area contributed by atoms with Crippen LogP contribution in [0.4, 0.5) is 16.6 Å². The first-order chi connectivity index (χ1) is 15.0. The van der Waals surface area contributed by atoms with Gasteiger partial charge in [-0.15, -0.1) is 11.3 Å². The van der Waals surface area contributed by atoms with Crippen molar-refractivity contribution in [1.82, 2.24) is 9.97 Å². The van der Waals surface area contributed by atoms with Crippen LogP contribution in [0.1, 0.15) is 18.4 Å². The minimum atomic E-state index is -1.24. The number of ether oxygens (including phenoxy) is 3. The molecule has 1 aromatic carbocycles. The summed E-state index contributed by atoms with van der Waals surface area (Å²) in [7, 11) is 0. The highest BCUT2D eigenvalue weighted by molar-refractivity contribution is 7.22. The molecule has 31 heavy (non-hydrogen) atoms. The number of halogens is 1. The van der Waals surface area contributed by atoms with Crippen LogP contribution in [-0.2, 0) is 11.3 Å². The lowest BCUT2D eigenvalue weighted by Gasteiger charge is -2.31. The SMILES string of the molecule is O=C(O)OC1CCN(c2nc(NCc3ccc4c(c3)OCO4)c3cc(Cl)sc3n2)CC1. The summed E-state index contributed by atoms with van der Waals surface area (Å²) < 4.78 is 16.3. The van der Waals surface area contributed by atoms with Crippen LogP contribution in [0.3, 0.4) is 0 Å². The van der Waals surface area contributed by atoms with E-state index in [0.717, 1.165) is 27.3 Å². The van der Waals surface area contributed by atoms with E-state index in [1.54, 1.807) is 0 Å². The number of hydrogen-bond donors (Lipinski definition) is 2. The molecule has 9 nitrogen and oxygen atoms in total. The van der Waals surface area contributed by atoms with Gasteiger partial charge in [0.15, 0.2) is 11.5 Å². The van der Waals surface area contributed by atoms with Crippen molar-refractivity contribution in [2.24, 2.45) is 0 Å². The number of anilines is 2. The van der Waals surface area contributed by atoms with Gasteiger partial charge in [-0.2, -0.15) is 4.98 Å². The maximum absolute atomic E-state index is 10.8. The predicted molar refractivity (Wildman–Crippen MR) is 117 cm³/mol. The molecule has 2 N–H and O–H groups in total. The van der Waals surface area contributed by atoms with Crippen LogP contribution < -0.4 is 19.7 Å². The van der Waals surface area contributed by atoms with Crippen molar-refractivity contribution >= 4 is 51.1 Å². The molecule has 0 bridgehead atoms. The number of carbonyl (C=O) groups is 1. The summed E-state index contributed by atoms with van der Waals surface area (Å²) in [5.74, 6) is 2.77. The Hall–Kier alpha value is -2.98. The first-order valence-electron chi connectivity index (χ1n) is 9.79. The lowest BCUT2D eigenvalue weighted by atomic mass is 10.1. The van der Waals surface area contributed by atoms with Crippen molar-refractivity contribution in [2.45, 2.75) is 25.5 Å². The summed E-state index contributed by atoms with van der Waals surface area (Å²) in [4.78, 5) is 23.0. The Morgan fingerprint density at radius 1 is 1.26 bits per heavy atom. The van der Waals surface area contributed by atoms with Gasteiger partial charge in [0, 0.05) is 32.5 Å². The zero-order chi connectivity index (χ0) is 21.4. The molecule has 1 fully saturated rings. The molecule has 1 saturated heterocycles. The van der Waals surface area contributed by atoms with Gasteiger partial charge in [0.05, 0.1) is 9.72 Å². The van der Waals surface area contributed by atoms with Crippen molar-refractivity contribution < 1.29 is 24.1 Å². The van der Waals surface area contributed by atoms with Crippen LogP contribution in [0.15, 0.2) is 24.3 Å². The van der Waals surface area contributed by atoms with Gasteiger partial charge in [0.2, 0.25) is 12.7 Å². The molecule has 0 spiro atoms. The van der Waals surface area contributed by atoms with Crippen molar-refractivity contribution in [3.63, 3.8) is 0 Å². The molecule has 0 aliphatic carbocycles. The van der Waals surface area contributed by atoms with Crippen molar-refractivity contribution in [2.75, 3.05) is 30.1 Å². The monoisotopic (exact) mass is 462 g/mol. The molecule has 2 aliphatic heterocycles. The molecule has 5 rings (SSSR count). The van der Waals surface area contributed by atoms with Gasteiger partial charge in [0.1, 0.15) is 16.8 Å². The van der Waals surface area contributed by atoms with E-state index in [-0.39, 0.29) is 12.9 Å².